The average molecular weight is 405 g/mol. The molecule has 0 unspecified atom stereocenters. The summed E-state index contributed by atoms with van der Waals surface area (Å²) in [7, 11) is 1.57. The number of primary amides is 1. The topological polar surface area (TPSA) is 103 Å². The Bertz CT molecular complexity index is 991. The number of anilines is 1. The lowest BCUT2D eigenvalue weighted by Gasteiger charge is -2.19. The molecule has 1 atom stereocenters. The molecule has 0 aliphatic rings. The first kappa shape index (κ1) is 20.7. The Morgan fingerprint density at radius 2 is 1.60 bits per heavy atom. The Balaban J connectivity index is 1.72. The van der Waals surface area contributed by atoms with E-state index in [4.69, 9.17) is 15.2 Å². The molecule has 0 fully saturated rings. The van der Waals surface area contributed by atoms with Crippen LogP contribution in [-0.4, -0.2) is 19.0 Å². The summed E-state index contributed by atoms with van der Waals surface area (Å²) < 4.78 is 10.9. The van der Waals surface area contributed by atoms with Crippen molar-refractivity contribution in [1.29, 1.82) is 0 Å². The molecule has 3 amide bonds. The Kier molecular flexibility index (Phi) is 6.89. The highest BCUT2D eigenvalue weighted by atomic mass is 16.5. The van der Waals surface area contributed by atoms with E-state index in [9.17, 15) is 9.59 Å². The van der Waals surface area contributed by atoms with Crippen LogP contribution >= 0.6 is 0 Å². The highest BCUT2D eigenvalue weighted by Crippen LogP contribution is 2.26. The summed E-state index contributed by atoms with van der Waals surface area (Å²) in [5.41, 5.74) is 6.65. The van der Waals surface area contributed by atoms with Crippen LogP contribution in [0.15, 0.2) is 78.9 Å². The average Bonchev–Trinajstić information content (AvgIpc) is 2.74. The van der Waals surface area contributed by atoms with Crippen molar-refractivity contribution in [2.75, 3.05) is 12.4 Å². The molecule has 0 aromatic heterocycles. The highest BCUT2D eigenvalue weighted by Gasteiger charge is 2.18. The Labute approximate surface area is 174 Å². The quantitative estimate of drug-likeness (QED) is 0.522. The third kappa shape index (κ3) is 6.00. The van der Waals surface area contributed by atoms with Crippen LogP contribution in [0.3, 0.4) is 0 Å². The van der Waals surface area contributed by atoms with Gasteiger partial charge in [0.2, 0.25) is 5.91 Å². The number of methoxy groups -OCH3 is 1. The first-order valence-corrected chi connectivity index (χ1v) is 9.36. The van der Waals surface area contributed by atoms with E-state index in [-0.39, 0.29) is 12.3 Å². The van der Waals surface area contributed by atoms with Gasteiger partial charge in [0.25, 0.3) is 0 Å². The molecule has 0 aliphatic carbocycles. The van der Waals surface area contributed by atoms with Crippen LogP contribution in [0.1, 0.15) is 18.0 Å². The maximum absolute atomic E-state index is 12.5. The Morgan fingerprint density at radius 1 is 0.900 bits per heavy atom. The van der Waals surface area contributed by atoms with E-state index in [1.54, 1.807) is 55.6 Å². The fraction of sp³-hybridized carbons (Fsp3) is 0.130. The molecule has 7 heteroatoms. The molecule has 7 nitrogen and oxygen atoms in total. The minimum Gasteiger partial charge on any atom is -0.497 e. The van der Waals surface area contributed by atoms with Crippen molar-refractivity contribution in [1.82, 2.24) is 5.32 Å². The fourth-order valence-corrected chi connectivity index (χ4v) is 2.92. The molecule has 0 heterocycles. The molecule has 0 aliphatic heterocycles. The second kappa shape index (κ2) is 9.97. The lowest BCUT2D eigenvalue weighted by molar-refractivity contribution is -0.116. The largest absolute Gasteiger partial charge is 0.497 e. The van der Waals surface area contributed by atoms with Crippen molar-refractivity contribution in [2.45, 2.75) is 12.5 Å². The van der Waals surface area contributed by atoms with Crippen LogP contribution in [0, 0.1) is 0 Å². The van der Waals surface area contributed by atoms with E-state index in [0.717, 1.165) is 0 Å². The van der Waals surface area contributed by atoms with Crippen LogP contribution in [0.25, 0.3) is 0 Å². The lowest BCUT2D eigenvalue weighted by Crippen LogP contribution is -2.35. The fourth-order valence-electron chi connectivity index (χ4n) is 2.92. The monoisotopic (exact) mass is 405 g/mol. The molecule has 3 aromatic rings. The van der Waals surface area contributed by atoms with Gasteiger partial charge >= 0.3 is 6.03 Å². The summed E-state index contributed by atoms with van der Waals surface area (Å²) in [6, 6.07) is 22.2. The van der Waals surface area contributed by atoms with Crippen LogP contribution in [0.5, 0.6) is 17.2 Å². The van der Waals surface area contributed by atoms with Crippen molar-refractivity contribution in [3.05, 3.63) is 84.4 Å². The van der Waals surface area contributed by atoms with Gasteiger partial charge in [-0.15, -0.1) is 0 Å². The van der Waals surface area contributed by atoms with E-state index in [1.165, 1.54) is 0 Å². The number of nitrogens with two attached hydrogens (primary N) is 1. The number of hydrogen-bond donors (Lipinski definition) is 3. The van der Waals surface area contributed by atoms with Crippen molar-refractivity contribution in [3.63, 3.8) is 0 Å². The smallest absolute Gasteiger partial charge is 0.312 e. The van der Waals surface area contributed by atoms with Crippen molar-refractivity contribution >= 4 is 17.6 Å². The third-order valence-corrected chi connectivity index (χ3v) is 4.32. The first-order valence-electron chi connectivity index (χ1n) is 9.36. The van der Waals surface area contributed by atoms with Gasteiger partial charge in [-0.25, -0.2) is 4.79 Å². The zero-order chi connectivity index (χ0) is 21.3. The summed E-state index contributed by atoms with van der Waals surface area (Å²) in [4.78, 5) is 24.0. The second-order valence-electron chi connectivity index (χ2n) is 6.53. The minimum atomic E-state index is -0.716. The maximum Gasteiger partial charge on any atom is 0.312 e. The molecule has 0 spiro atoms. The van der Waals surface area contributed by atoms with E-state index in [2.05, 4.69) is 10.6 Å². The predicted octanol–water partition coefficient (Wildman–Crippen LogP) is 4.23. The standard InChI is InChI=1S/C23H23N3O4/c1-29-18-12-10-17(11-13-18)25-22(27)15-21(26-23(24)28)16-6-5-9-20(14-16)30-19-7-3-2-4-8-19/h2-14,21H,15H2,1H3,(H,25,27)(H3,24,26,28)/t21-/m0/s1. The van der Waals surface area contributed by atoms with Crippen molar-refractivity contribution in [2.24, 2.45) is 5.73 Å². The van der Waals surface area contributed by atoms with Crippen molar-refractivity contribution in [3.8, 4) is 17.2 Å². The van der Waals surface area contributed by atoms with Crippen LogP contribution in [-0.2, 0) is 4.79 Å². The molecule has 154 valence electrons. The van der Waals surface area contributed by atoms with Gasteiger partial charge < -0.3 is 25.8 Å². The molecular weight excluding hydrogens is 382 g/mol. The zero-order valence-electron chi connectivity index (χ0n) is 16.5. The number of rotatable bonds is 8. The van der Waals surface area contributed by atoms with Gasteiger partial charge in [0.1, 0.15) is 17.2 Å². The SMILES string of the molecule is COc1ccc(NC(=O)C[C@H](NC(N)=O)c2cccc(Oc3ccccc3)c2)cc1. The number of urea groups is 1. The number of para-hydroxylation sites is 1. The van der Waals surface area contributed by atoms with Gasteiger partial charge in [-0.1, -0.05) is 30.3 Å². The molecule has 3 rings (SSSR count). The van der Waals surface area contributed by atoms with Gasteiger partial charge in [0.15, 0.2) is 0 Å². The van der Waals surface area contributed by atoms with Gasteiger partial charge in [-0.3, -0.25) is 4.79 Å². The maximum atomic E-state index is 12.5. The molecule has 0 bridgehead atoms. The van der Waals surface area contributed by atoms with E-state index < -0.39 is 12.1 Å². The summed E-state index contributed by atoms with van der Waals surface area (Å²) >= 11 is 0. The van der Waals surface area contributed by atoms with Gasteiger partial charge in [-0.05, 0) is 54.1 Å². The Morgan fingerprint density at radius 3 is 2.27 bits per heavy atom. The van der Waals surface area contributed by atoms with E-state index in [1.807, 2.05) is 30.3 Å². The molecule has 3 aromatic carbocycles. The summed E-state index contributed by atoms with van der Waals surface area (Å²) in [6.07, 6.45) is 0.00373. The predicted molar refractivity (Wildman–Crippen MR) is 115 cm³/mol. The molecule has 0 saturated heterocycles. The highest BCUT2D eigenvalue weighted by molar-refractivity contribution is 5.91. The molecule has 30 heavy (non-hydrogen) atoms. The van der Waals surface area contributed by atoms with Gasteiger partial charge in [-0.2, -0.15) is 0 Å². The molecule has 0 saturated carbocycles. The summed E-state index contributed by atoms with van der Waals surface area (Å²) in [5, 5.41) is 5.43. The Hall–Kier alpha value is -4.00. The second-order valence-corrected chi connectivity index (χ2v) is 6.53. The van der Waals surface area contributed by atoms with Gasteiger partial charge in [0.05, 0.1) is 19.6 Å². The zero-order valence-corrected chi connectivity index (χ0v) is 16.5. The van der Waals surface area contributed by atoms with Crippen molar-refractivity contribution < 1.29 is 19.1 Å². The first-order chi connectivity index (χ1) is 14.5. The number of benzene rings is 3. The van der Waals surface area contributed by atoms with Crippen LogP contribution in [0.2, 0.25) is 0 Å². The summed E-state index contributed by atoms with van der Waals surface area (Å²) in [6.45, 7) is 0. The number of ether oxygens (including phenoxy) is 2. The molecule has 4 N–H and O–H groups in total. The third-order valence-electron chi connectivity index (χ3n) is 4.32. The van der Waals surface area contributed by atoms with Crippen LogP contribution in [0.4, 0.5) is 10.5 Å². The van der Waals surface area contributed by atoms with E-state index in [0.29, 0.717) is 28.5 Å². The van der Waals surface area contributed by atoms with Crippen LogP contribution < -0.4 is 25.8 Å². The number of nitrogens with one attached hydrogen (secondary N) is 2. The number of carbonyl (C=O) groups excluding carboxylic acids is 2. The normalized spacial score (nSPS) is 11.2. The molecule has 0 radical (unpaired) electrons. The number of carbonyl (C=O) groups is 2. The number of amides is 3. The minimum absolute atomic E-state index is 0.00373. The van der Waals surface area contributed by atoms with E-state index >= 15 is 0 Å². The molecular formula is C23H23N3O4. The lowest BCUT2D eigenvalue weighted by atomic mass is 10.0. The number of hydrogen-bond acceptors (Lipinski definition) is 4. The van der Waals surface area contributed by atoms with Gasteiger partial charge in [0, 0.05) is 5.69 Å². The summed E-state index contributed by atoms with van der Waals surface area (Å²) in [5.74, 6) is 1.70.